The summed E-state index contributed by atoms with van der Waals surface area (Å²) in [4.78, 5) is 11.5. The number of rotatable bonds is 6. The van der Waals surface area contributed by atoms with Crippen molar-refractivity contribution in [2.75, 3.05) is 11.9 Å². The first-order chi connectivity index (χ1) is 9.40. The van der Waals surface area contributed by atoms with Crippen molar-refractivity contribution in [2.45, 2.75) is 32.0 Å². The molecule has 20 heavy (non-hydrogen) atoms. The first kappa shape index (κ1) is 16.3. The zero-order valence-electron chi connectivity index (χ0n) is 11.0. The van der Waals surface area contributed by atoms with Gasteiger partial charge in [0, 0.05) is 25.2 Å². The van der Waals surface area contributed by atoms with Crippen LogP contribution in [0.5, 0.6) is 0 Å². The number of urea groups is 1. The highest BCUT2D eigenvalue weighted by atomic mass is 19.4. The smallest absolute Gasteiger partial charge is 0.338 e. The van der Waals surface area contributed by atoms with Crippen LogP contribution >= 0.6 is 0 Å². The highest BCUT2D eigenvalue weighted by Crippen LogP contribution is 2.21. The van der Waals surface area contributed by atoms with Crippen molar-refractivity contribution in [2.24, 2.45) is 5.73 Å². The highest BCUT2D eigenvalue weighted by Gasteiger charge is 2.25. The lowest BCUT2D eigenvalue weighted by Gasteiger charge is -2.09. The molecule has 112 valence electrons. The minimum atomic E-state index is -4.13. The average molecular weight is 289 g/mol. The third-order valence-electron chi connectivity index (χ3n) is 2.62. The SMILES string of the molecule is NCc1ccc(NC(=O)NCCCCC(F)(F)F)cc1. The van der Waals surface area contributed by atoms with Crippen LogP contribution in [-0.2, 0) is 6.54 Å². The van der Waals surface area contributed by atoms with E-state index < -0.39 is 18.6 Å². The van der Waals surface area contributed by atoms with Gasteiger partial charge in [-0.2, -0.15) is 13.2 Å². The Balaban J connectivity index is 2.19. The quantitative estimate of drug-likeness (QED) is 0.705. The molecule has 0 heterocycles. The van der Waals surface area contributed by atoms with E-state index in [1.807, 2.05) is 0 Å². The van der Waals surface area contributed by atoms with Crippen LogP contribution in [0.15, 0.2) is 24.3 Å². The molecule has 0 unspecified atom stereocenters. The molecule has 4 nitrogen and oxygen atoms in total. The molecular formula is C13H18F3N3O. The summed E-state index contributed by atoms with van der Waals surface area (Å²) in [5, 5.41) is 5.09. The van der Waals surface area contributed by atoms with Gasteiger partial charge in [-0.1, -0.05) is 12.1 Å². The van der Waals surface area contributed by atoms with E-state index in [1.165, 1.54) is 0 Å². The lowest BCUT2D eigenvalue weighted by atomic mass is 10.2. The van der Waals surface area contributed by atoms with Gasteiger partial charge in [-0.25, -0.2) is 4.79 Å². The highest BCUT2D eigenvalue weighted by molar-refractivity contribution is 5.89. The third kappa shape index (κ3) is 6.98. The van der Waals surface area contributed by atoms with Crippen molar-refractivity contribution in [3.05, 3.63) is 29.8 Å². The fraction of sp³-hybridized carbons (Fsp3) is 0.462. The average Bonchev–Trinajstić information content (AvgIpc) is 2.38. The van der Waals surface area contributed by atoms with Crippen LogP contribution in [0, 0.1) is 0 Å². The summed E-state index contributed by atoms with van der Waals surface area (Å²) in [6.07, 6.45) is -4.65. The number of unbranched alkanes of at least 4 members (excludes halogenated alkanes) is 1. The van der Waals surface area contributed by atoms with Gasteiger partial charge in [0.2, 0.25) is 0 Å². The summed E-state index contributed by atoms with van der Waals surface area (Å²) in [5.74, 6) is 0. The topological polar surface area (TPSA) is 67.1 Å². The Labute approximate surface area is 115 Å². The Kier molecular flexibility index (Phi) is 6.30. The van der Waals surface area contributed by atoms with Crippen LogP contribution in [0.2, 0.25) is 0 Å². The van der Waals surface area contributed by atoms with Crippen molar-refractivity contribution >= 4 is 11.7 Å². The third-order valence-corrected chi connectivity index (χ3v) is 2.62. The molecule has 0 bridgehead atoms. The van der Waals surface area contributed by atoms with E-state index in [1.54, 1.807) is 24.3 Å². The van der Waals surface area contributed by atoms with Gasteiger partial charge in [-0.05, 0) is 30.5 Å². The van der Waals surface area contributed by atoms with Crippen molar-refractivity contribution in [1.82, 2.24) is 5.32 Å². The molecular weight excluding hydrogens is 271 g/mol. The maximum Gasteiger partial charge on any atom is 0.389 e. The number of hydrogen-bond acceptors (Lipinski definition) is 2. The number of anilines is 1. The lowest BCUT2D eigenvalue weighted by molar-refractivity contribution is -0.135. The minimum Gasteiger partial charge on any atom is -0.338 e. The Hall–Kier alpha value is -1.76. The van der Waals surface area contributed by atoms with Crippen molar-refractivity contribution in [1.29, 1.82) is 0 Å². The molecule has 0 fully saturated rings. The normalized spacial score (nSPS) is 11.2. The van der Waals surface area contributed by atoms with Gasteiger partial charge in [-0.15, -0.1) is 0 Å². The molecule has 1 rings (SSSR count). The van der Waals surface area contributed by atoms with Crippen molar-refractivity contribution in [3.63, 3.8) is 0 Å². The summed E-state index contributed by atoms with van der Waals surface area (Å²) < 4.78 is 35.6. The number of nitrogens with two attached hydrogens (primary N) is 1. The molecule has 0 atom stereocenters. The lowest BCUT2D eigenvalue weighted by Crippen LogP contribution is -2.29. The fourth-order valence-electron chi connectivity index (χ4n) is 1.55. The molecule has 0 aliphatic rings. The van der Waals surface area contributed by atoms with Gasteiger partial charge in [0.25, 0.3) is 0 Å². The molecule has 0 spiro atoms. The van der Waals surface area contributed by atoms with E-state index in [0.29, 0.717) is 18.7 Å². The molecule has 0 aromatic heterocycles. The molecule has 0 aliphatic carbocycles. The first-order valence-corrected chi connectivity index (χ1v) is 6.31. The zero-order chi connectivity index (χ0) is 15.0. The molecule has 2 amide bonds. The van der Waals surface area contributed by atoms with Crippen LogP contribution in [0.25, 0.3) is 0 Å². The van der Waals surface area contributed by atoms with Gasteiger partial charge in [-0.3, -0.25) is 0 Å². The summed E-state index contributed by atoms with van der Waals surface area (Å²) >= 11 is 0. The van der Waals surface area contributed by atoms with Crippen LogP contribution in [0.3, 0.4) is 0 Å². The van der Waals surface area contributed by atoms with E-state index in [-0.39, 0.29) is 13.0 Å². The summed E-state index contributed by atoms with van der Waals surface area (Å²) in [6.45, 7) is 0.633. The fourth-order valence-corrected chi connectivity index (χ4v) is 1.55. The monoisotopic (exact) mass is 289 g/mol. The van der Waals surface area contributed by atoms with Crippen LogP contribution < -0.4 is 16.4 Å². The van der Waals surface area contributed by atoms with Crippen molar-refractivity contribution < 1.29 is 18.0 Å². The maximum atomic E-state index is 11.9. The molecule has 0 saturated carbocycles. The first-order valence-electron chi connectivity index (χ1n) is 6.31. The second-order valence-corrected chi connectivity index (χ2v) is 4.35. The van der Waals surface area contributed by atoms with Gasteiger partial charge in [0.05, 0.1) is 0 Å². The zero-order valence-corrected chi connectivity index (χ0v) is 11.0. The number of hydrogen-bond donors (Lipinski definition) is 3. The van der Waals surface area contributed by atoms with E-state index in [2.05, 4.69) is 10.6 Å². The van der Waals surface area contributed by atoms with E-state index in [9.17, 15) is 18.0 Å². The number of carbonyl (C=O) groups is 1. The molecule has 1 aromatic carbocycles. The summed E-state index contributed by atoms with van der Waals surface area (Å²) in [5.41, 5.74) is 7.00. The van der Waals surface area contributed by atoms with Crippen LogP contribution in [-0.4, -0.2) is 18.8 Å². The van der Waals surface area contributed by atoms with Crippen LogP contribution in [0.4, 0.5) is 23.7 Å². The second kappa shape index (κ2) is 7.74. The van der Waals surface area contributed by atoms with Crippen molar-refractivity contribution in [3.8, 4) is 0 Å². The standard InChI is InChI=1S/C13H18F3N3O/c14-13(15,16)7-1-2-8-18-12(20)19-11-5-3-10(9-17)4-6-11/h3-6H,1-2,7-9,17H2,(H2,18,19,20). The Morgan fingerprint density at radius 3 is 2.35 bits per heavy atom. The number of halogens is 3. The Morgan fingerprint density at radius 1 is 1.15 bits per heavy atom. The van der Waals surface area contributed by atoms with Gasteiger partial charge < -0.3 is 16.4 Å². The van der Waals surface area contributed by atoms with E-state index >= 15 is 0 Å². The van der Waals surface area contributed by atoms with Gasteiger partial charge in [0.1, 0.15) is 0 Å². The number of amides is 2. The molecule has 4 N–H and O–H groups in total. The molecule has 0 aliphatic heterocycles. The largest absolute Gasteiger partial charge is 0.389 e. The number of carbonyl (C=O) groups excluding carboxylic acids is 1. The van der Waals surface area contributed by atoms with E-state index in [4.69, 9.17) is 5.73 Å². The molecule has 0 radical (unpaired) electrons. The van der Waals surface area contributed by atoms with E-state index in [0.717, 1.165) is 5.56 Å². The summed E-state index contributed by atoms with van der Waals surface area (Å²) in [6, 6.07) is 6.58. The molecule has 0 saturated heterocycles. The molecule has 1 aromatic rings. The van der Waals surface area contributed by atoms with Gasteiger partial charge >= 0.3 is 12.2 Å². The van der Waals surface area contributed by atoms with Crippen LogP contribution in [0.1, 0.15) is 24.8 Å². The number of nitrogens with one attached hydrogen (secondary N) is 2. The summed E-state index contributed by atoms with van der Waals surface area (Å²) in [7, 11) is 0. The predicted octanol–water partition coefficient (Wildman–Crippen LogP) is 3.00. The minimum absolute atomic E-state index is 0.00891. The number of alkyl halides is 3. The second-order valence-electron chi connectivity index (χ2n) is 4.35. The molecule has 7 heteroatoms. The Bertz CT molecular complexity index is 418. The maximum absolute atomic E-state index is 11.9. The Morgan fingerprint density at radius 2 is 1.80 bits per heavy atom. The number of benzene rings is 1. The predicted molar refractivity (Wildman–Crippen MR) is 71.3 cm³/mol. The van der Waals surface area contributed by atoms with Gasteiger partial charge in [0.15, 0.2) is 0 Å².